The van der Waals surface area contributed by atoms with Crippen molar-refractivity contribution in [2.45, 2.75) is 33.1 Å². The zero-order chi connectivity index (χ0) is 18.7. The van der Waals surface area contributed by atoms with Gasteiger partial charge in [-0.25, -0.2) is 0 Å². The first-order chi connectivity index (χ1) is 12.5. The Balaban J connectivity index is 1.63. The highest BCUT2D eigenvalue weighted by molar-refractivity contribution is 7.15. The summed E-state index contributed by atoms with van der Waals surface area (Å²) in [5.41, 5.74) is 0.770. The molecular formula is C18H22N4O3S. The van der Waals surface area contributed by atoms with Crippen molar-refractivity contribution in [3.8, 4) is 5.75 Å². The number of hydrogen-bond donors (Lipinski definition) is 1. The van der Waals surface area contributed by atoms with Crippen molar-refractivity contribution in [3.63, 3.8) is 0 Å². The van der Waals surface area contributed by atoms with E-state index >= 15 is 0 Å². The second-order valence-electron chi connectivity index (χ2n) is 6.42. The smallest absolute Gasteiger partial charge is 0.231 e. The summed E-state index contributed by atoms with van der Waals surface area (Å²) in [5.74, 6) is 0.365. The van der Waals surface area contributed by atoms with Crippen molar-refractivity contribution in [1.29, 1.82) is 0 Å². The standard InChI is InChI=1S/C18H22N4O3S/c1-4-25-14-7-5-13(6-8-14)22-10-12(9-15(22)23)16(24)19-18-21-20-17(26-18)11(2)3/h5-8,11-12H,4,9-10H2,1-3H3,(H,19,21,24)/t12-/m0/s1. The van der Waals surface area contributed by atoms with Gasteiger partial charge < -0.3 is 15.0 Å². The molecule has 0 spiro atoms. The average Bonchev–Trinajstić information content (AvgIpc) is 3.23. The second-order valence-corrected chi connectivity index (χ2v) is 7.43. The largest absolute Gasteiger partial charge is 0.494 e. The third kappa shape index (κ3) is 4.01. The van der Waals surface area contributed by atoms with Crippen LogP contribution in [0.5, 0.6) is 5.75 Å². The number of aromatic nitrogens is 2. The van der Waals surface area contributed by atoms with Crippen LogP contribution in [-0.4, -0.2) is 35.2 Å². The summed E-state index contributed by atoms with van der Waals surface area (Å²) < 4.78 is 5.42. The van der Waals surface area contributed by atoms with E-state index in [0.29, 0.717) is 18.3 Å². The summed E-state index contributed by atoms with van der Waals surface area (Å²) in [6.45, 7) is 6.92. The van der Waals surface area contributed by atoms with Gasteiger partial charge in [0.25, 0.3) is 0 Å². The molecule has 1 aromatic heterocycles. The van der Waals surface area contributed by atoms with Crippen molar-refractivity contribution in [3.05, 3.63) is 29.3 Å². The molecule has 7 nitrogen and oxygen atoms in total. The van der Waals surface area contributed by atoms with E-state index in [9.17, 15) is 9.59 Å². The molecule has 0 bridgehead atoms. The van der Waals surface area contributed by atoms with Gasteiger partial charge >= 0.3 is 0 Å². The van der Waals surface area contributed by atoms with Crippen molar-refractivity contribution >= 4 is 34.0 Å². The molecule has 0 aliphatic carbocycles. The molecule has 0 radical (unpaired) electrons. The molecule has 1 N–H and O–H groups in total. The van der Waals surface area contributed by atoms with Crippen LogP contribution in [0.2, 0.25) is 0 Å². The third-order valence-electron chi connectivity index (χ3n) is 4.12. The molecule has 2 amide bonds. The molecular weight excluding hydrogens is 352 g/mol. The van der Waals surface area contributed by atoms with E-state index < -0.39 is 5.92 Å². The van der Waals surface area contributed by atoms with E-state index in [-0.39, 0.29) is 24.2 Å². The molecule has 1 saturated heterocycles. The van der Waals surface area contributed by atoms with Crippen molar-refractivity contribution in [2.75, 3.05) is 23.4 Å². The van der Waals surface area contributed by atoms with Gasteiger partial charge in [-0.1, -0.05) is 25.2 Å². The van der Waals surface area contributed by atoms with Crippen LogP contribution in [0.15, 0.2) is 24.3 Å². The normalized spacial score (nSPS) is 17.0. The van der Waals surface area contributed by atoms with Crippen LogP contribution in [0.25, 0.3) is 0 Å². The molecule has 1 atom stereocenters. The summed E-state index contributed by atoms with van der Waals surface area (Å²) in [6.07, 6.45) is 0.189. The minimum Gasteiger partial charge on any atom is -0.494 e. The van der Waals surface area contributed by atoms with Crippen LogP contribution in [0, 0.1) is 5.92 Å². The maximum atomic E-state index is 12.5. The number of hydrogen-bond acceptors (Lipinski definition) is 6. The Morgan fingerprint density at radius 1 is 1.35 bits per heavy atom. The predicted molar refractivity (Wildman–Crippen MR) is 101 cm³/mol. The Kier molecular flexibility index (Phi) is 5.51. The average molecular weight is 374 g/mol. The molecule has 3 rings (SSSR count). The first kappa shape index (κ1) is 18.3. The van der Waals surface area contributed by atoms with Gasteiger partial charge in [0.05, 0.1) is 12.5 Å². The number of anilines is 2. The molecule has 0 unspecified atom stereocenters. The number of carbonyl (C=O) groups is 2. The number of ether oxygens (including phenoxy) is 1. The van der Waals surface area contributed by atoms with E-state index in [4.69, 9.17) is 4.74 Å². The number of nitrogens with zero attached hydrogens (tertiary/aromatic N) is 3. The highest BCUT2D eigenvalue weighted by Crippen LogP contribution is 2.28. The third-order valence-corrected chi connectivity index (χ3v) is 5.26. The van der Waals surface area contributed by atoms with Crippen LogP contribution >= 0.6 is 11.3 Å². The molecule has 2 aromatic rings. The molecule has 1 aromatic carbocycles. The van der Waals surface area contributed by atoms with E-state index in [2.05, 4.69) is 15.5 Å². The minimum atomic E-state index is -0.402. The number of rotatable bonds is 6. The Hall–Kier alpha value is -2.48. The summed E-state index contributed by atoms with van der Waals surface area (Å²) in [7, 11) is 0. The molecule has 26 heavy (non-hydrogen) atoms. The zero-order valence-corrected chi connectivity index (χ0v) is 15.9. The van der Waals surface area contributed by atoms with Crippen molar-refractivity contribution in [1.82, 2.24) is 10.2 Å². The monoisotopic (exact) mass is 374 g/mol. The molecule has 0 saturated carbocycles. The maximum Gasteiger partial charge on any atom is 0.231 e. The fraction of sp³-hybridized carbons (Fsp3) is 0.444. The van der Waals surface area contributed by atoms with Gasteiger partial charge in [-0.2, -0.15) is 0 Å². The van der Waals surface area contributed by atoms with Gasteiger partial charge in [-0.05, 0) is 31.2 Å². The molecule has 2 heterocycles. The number of amides is 2. The topological polar surface area (TPSA) is 84.4 Å². The molecule has 138 valence electrons. The van der Waals surface area contributed by atoms with Crippen LogP contribution in [0.3, 0.4) is 0 Å². The molecule has 1 aliphatic heterocycles. The molecule has 1 fully saturated rings. The Labute approximate surface area is 156 Å². The van der Waals surface area contributed by atoms with E-state index in [0.717, 1.165) is 16.4 Å². The van der Waals surface area contributed by atoms with Crippen LogP contribution < -0.4 is 15.0 Å². The van der Waals surface area contributed by atoms with Gasteiger partial charge in [-0.3, -0.25) is 9.59 Å². The lowest BCUT2D eigenvalue weighted by Crippen LogP contribution is -2.28. The summed E-state index contributed by atoms with van der Waals surface area (Å²) >= 11 is 1.37. The van der Waals surface area contributed by atoms with Crippen molar-refractivity contribution < 1.29 is 14.3 Å². The summed E-state index contributed by atoms with van der Waals surface area (Å²) in [6, 6.07) is 7.33. The lowest BCUT2D eigenvalue weighted by molar-refractivity contribution is -0.122. The van der Waals surface area contributed by atoms with Gasteiger partial charge in [0, 0.05) is 24.6 Å². The first-order valence-corrected chi connectivity index (χ1v) is 9.47. The van der Waals surface area contributed by atoms with Crippen LogP contribution in [-0.2, 0) is 9.59 Å². The number of nitrogens with one attached hydrogen (secondary N) is 1. The van der Waals surface area contributed by atoms with Gasteiger partial charge in [-0.15, -0.1) is 10.2 Å². The summed E-state index contributed by atoms with van der Waals surface area (Å²) in [4.78, 5) is 26.5. The van der Waals surface area contributed by atoms with Gasteiger partial charge in [0.2, 0.25) is 16.9 Å². The predicted octanol–water partition coefficient (Wildman–Crippen LogP) is 3.05. The highest BCUT2D eigenvalue weighted by Gasteiger charge is 2.35. The second kappa shape index (κ2) is 7.82. The highest BCUT2D eigenvalue weighted by atomic mass is 32.1. The first-order valence-electron chi connectivity index (χ1n) is 8.65. The zero-order valence-electron chi connectivity index (χ0n) is 15.1. The van der Waals surface area contributed by atoms with Gasteiger partial charge in [0.1, 0.15) is 10.8 Å². The molecule has 8 heteroatoms. The number of benzene rings is 1. The van der Waals surface area contributed by atoms with Crippen LogP contribution in [0.4, 0.5) is 10.8 Å². The van der Waals surface area contributed by atoms with E-state index in [1.807, 2.05) is 45.0 Å². The van der Waals surface area contributed by atoms with Crippen LogP contribution in [0.1, 0.15) is 38.1 Å². The van der Waals surface area contributed by atoms with E-state index in [1.165, 1.54) is 11.3 Å². The minimum absolute atomic E-state index is 0.0607. The van der Waals surface area contributed by atoms with Crippen molar-refractivity contribution in [2.24, 2.45) is 5.92 Å². The van der Waals surface area contributed by atoms with Gasteiger partial charge in [0.15, 0.2) is 0 Å². The SMILES string of the molecule is CCOc1ccc(N2C[C@@H](C(=O)Nc3nnc(C(C)C)s3)CC2=O)cc1. The molecule has 1 aliphatic rings. The summed E-state index contributed by atoms with van der Waals surface area (Å²) in [5, 5.41) is 12.2. The number of carbonyl (C=O) groups excluding carboxylic acids is 2. The Morgan fingerprint density at radius 3 is 2.69 bits per heavy atom. The maximum absolute atomic E-state index is 12.5. The Morgan fingerprint density at radius 2 is 2.08 bits per heavy atom. The Bertz CT molecular complexity index is 788. The quantitative estimate of drug-likeness (QED) is 0.840. The van der Waals surface area contributed by atoms with E-state index in [1.54, 1.807) is 4.90 Å². The fourth-order valence-corrected chi connectivity index (χ4v) is 3.50. The lowest BCUT2D eigenvalue weighted by Gasteiger charge is -2.17. The lowest BCUT2D eigenvalue weighted by atomic mass is 10.1. The fourth-order valence-electron chi connectivity index (χ4n) is 2.75.